The molecule has 3 rings (SSSR count). The Bertz CT molecular complexity index is 885. The van der Waals surface area contributed by atoms with Crippen LogP contribution in [-0.2, 0) is 7.05 Å². The zero-order valence-corrected chi connectivity index (χ0v) is 14.0. The van der Waals surface area contributed by atoms with E-state index in [0.717, 1.165) is 16.6 Å². The van der Waals surface area contributed by atoms with E-state index in [1.807, 2.05) is 24.3 Å². The lowest BCUT2D eigenvalue weighted by molar-refractivity contribution is 0.528. The maximum Gasteiger partial charge on any atom is 0.419 e. The lowest BCUT2D eigenvalue weighted by Gasteiger charge is -2.13. The summed E-state index contributed by atoms with van der Waals surface area (Å²) in [5.74, 6) is -0.380. The fourth-order valence-electron chi connectivity index (χ4n) is 2.20. The van der Waals surface area contributed by atoms with Gasteiger partial charge in [-0.2, -0.15) is 0 Å². The van der Waals surface area contributed by atoms with E-state index < -0.39 is 0 Å². The van der Waals surface area contributed by atoms with E-state index in [1.165, 1.54) is 4.57 Å². The van der Waals surface area contributed by atoms with E-state index in [4.69, 9.17) is 27.6 Å². The van der Waals surface area contributed by atoms with Crippen LogP contribution in [0.2, 0.25) is 10.0 Å². The predicted molar refractivity (Wildman–Crippen MR) is 88.7 cm³/mol. The zero-order valence-electron chi connectivity index (χ0n) is 10.9. The van der Waals surface area contributed by atoms with Gasteiger partial charge in [-0.25, -0.2) is 4.79 Å². The van der Waals surface area contributed by atoms with Gasteiger partial charge in [0.1, 0.15) is 0 Å². The number of aryl methyl sites for hydroxylation is 1. The SMILES string of the molecule is Cn1c(=O)oc2cc(C(Br)c3cc(Cl)ccc3Cl)ccc21. The molecule has 3 aromatic rings. The molecule has 3 nitrogen and oxygen atoms in total. The summed E-state index contributed by atoms with van der Waals surface area (Å²) in [5.41, 5.74) is 3.09. The molecular formula is C15H10BrCl2NO2. The minimum absolute atomic E-state index is 0.140. The van der Waals surface area contributed by atoms with Crippen LogP contribution in [-0.4, -0.2) is 4.57 Å². The van der Waals surface area contributed by atoms with E-state index in [1.54, 1.807) is 19.2 Å². The quantitative estimate of drug-likeness (QED) is 0.585. The van der Waals surface area contributed by atoms with E-state index in [2.05, 4.69) is 15.9 Å². The monoisotopic (exact) mass is 385 g/mol. The summed E-state index contributed by atoms with van der Waals surface area (Å²) in [6.45, 7) is 0. The Labute approximate surface area is 139 Å². The van der Waals surface area contributed by atoms with E-state index in [0.29, 0.717) is 15.6 Å². The number of oxazole rings is 1. The molecule has 0 fully saturated rings. The van der Waals surface area contributed by atoms with Crippen molar-refractivity contribution in [2.24, 2.45) is 7.05 Å². The van der Waals surface area contributed by atoms with Crippen LogP contribution in [0.5, 0.6) is 0 Å². The van der Waals surface area contributed by atoms with Crippen molar-refractivity contribution in [2.45, 2.75) is 4.83 Å². The van der Waals surface area contributed by atoms with Crippen molar-refractivity contribution >= 4 is 50.2 Å². The van der Waals surface area contributed by atoms with Gasteiger partial charge >= 0.3 is 5.76 Å². The Morgan fingerprint density at radius 2 is 1.95 bits per heavy atom. The van der Waals surface area contributed by atoms with Gasteiger partial charge in [-0.05, 0) is 41.5 Å². The van der Waals surface area contributed by atoms with Gasteiger partial charge in [0.15, 0.2) is 5.58 Å². The summed E-state index contributed by atoms with van der Waals surface area (Å²) in [5, 5.41) is 1.24. The second-order valence-electron chi connectivity index (χ2n) is 4.68. The summed E-state index contributed by atoms with van der Waals surface area (Å²) in [4.78, 5) is 11.4. The largest absolute Gasteiger partial charge is 0.419 e. The summed E-state index contributed by atoms with van der Waals surface area (Å²) >= 11 is 15.9. The number of rotatable bonds is 2. The number of alkyl halides is 1. The highest BCUT2D eigenvalue weighted by molar-refractivity contribution is 9.09. The van der Waals surface area contributed by atoms with Gasteiger partial charge in [0.2, 0.25) is 0 Å². The molecule has 108 valence electrons. The molecule has 0 N–H and O–H groups in total. The normalized spacial score (nSPS) is 12.8. The van der Waals surface area contributed by atoms with Crippen molar-refractivity contribution in [3.05, 3.63) is 68.1 Å². The Hall–Kier alpha value is -1.23. The van der Waals surface area contributed by atoms with E-state index in [-0.39, 0.29) is 10.6 Å². The highest BCUT2D eigenvalue weighted by Crippen LogP contribution is 2.37. The van der Waals surface area contributed by atoms with Crippen LogP contribution in [0, 0.1) is 0 Å². The molecule has 0 saturated heterocycles. The molecule has 1 heterocycles. The standard InChI is InChI=1S/C15H10BrCl2NO2/c1-19-12-5-2-8(6-13(12)21-15(19)20)14(16)10-7-9(17)3-4-11(10)18/h2-7,14H,1H3. The van der Waals surface area contributed by atoms with Crippen molar-refractivity contribution in [1.29, 1.82) is 0 Å². The van der Waals surface area contributed by atoms with Crippen LogP contribution in [0.3, 0.4) is 0 Å². The van der Waals surface area contributed by atoms with Gasteiger partial charge in [0, 0.05) is 17.1 Å². The van der Waals surface area contributed by atoms with Crippen LogP contribution < -0.4 is 5.76 Å². The van der Waals surface area contributed by atoms with Gasteiger partial charge in [-0.3, -0.25) is 4.57 Å². The molecule has 0 aliphatic carbocycles. The van der Waals surface area contributed by atoms with Gasteiger partial charge in [-0.1, -0.05) is 45.2 Å². The first-order valence-corrected chi connectivity index (χ1v) is 7.83. The van der Waals surface area contributed by atoms with Gasteiger partial charge in [0.25, 0.3) is 0 Å². The third-order valence-corrected chi connectivity index (χ3v) is 4.94. The Kier molecular flexibility index (Phi) is 3.86. The molecule has 1 atom stereocenters. The van der Waals surface area contributed by atoms with Crippen LogP contribution in [0.4, 0.5) is 0 Å². The third-order valence-electron chi connectivity index (χ3n) is 3.34. The van der Waals surface area contributed by atoms with Crippen molar-refractivity contribution in [3.63, 3.8) is 0 Å². The van der Waals surface area contributed by atoms with Crippen LogP contribution >= 0.6 is 39.1 Å². The Balaban J connectivity index is 2.11. The number of hydrogen-bond acceptors (Lipinski definition) is 2. The maximum absolute atomic E-state index is 11.5. The van der Waals surface area contributed by atoms with Crippen molar-refractivity contribution < 1.29 is 4.42 Å². The highest BCUT2D eigenvalue weighted by Gasteiger charge is 2.16. The molecule has 6 heteroatoms. The number of hydrogen-bond donors (Lipinski definition) is 0. The molecule has 0 aliphatic rings. The van der Waals surface area contributed by atoms with Gasteiger partial charge in [-0.15, -0.1) is 0 Å². The summed E-state index contributed by atoms with van der Waals surface area (Å²) in [6, 6.07) is 10.9. The van der Waals surface area contributed by atoms with Crippen molar-refractivity contribution in [3.8, 4) is 0 Å². The number of aromatic nitrogens is 1. The first kappa shape index (κ1) is 14.7. The second kappa shape index (κ2) is 5.52. The van der Waals surface area contributed by atoms with E-state index in [9.17, 15) is 4.79 Å². The first-order valence-electron chi connectivity index (χ1n) is 6.16. The summed E-state index contributed by atoms with van der Waals surface area (Å²) in [7, 11) is 1.67. The molecule has 0 spiro atoms. The van der Waals surface area contributed by atoms with Crippen molar-refractivity contribution in [1.82, 2.24) is 4.57 Å². The second-order valence-corrected chi connectivity index (χ2v) is 6.44. The number of benzene rings is 2. The smallest absolute Gasteiger partial charge is 0.408 e. The molecule has 0 radical (unpaired) electrons. The summed E-state index contributed by atoms with van der Waals surface area (Å²) in [6.07, 6.45) is 0. The van der Waals surface area contributed by atoms with Gasteiger partial charge in [0.05, 0.1) is 10.3 Å². The fourth-order valence-corrected chi connectivity index (χ4v) is 3.40. The fraction of sp³-hybridized carbons (Fsp3) is 0.133. The third kappa shape index (κ3) is 2.63. The molecule has 21 heavy (non-hydrogen) atoms. The maximum atomic E-state index is 11.5. The van der Waals surface area contributed by atoms with Crippen molar-refractivity contribution in [2.75, 3.05) is 0 Å². The molecule has 2 aromatic carbocycles. The number of nitrogens with zero attached hydrogens (tertiary/aromatic N) is 1. The predicted octanol–water partition coefficient (Wildman–Crippen LogP) is 4.92. The highest BCUT2D eigenvalue weighted by atomic mass is 79.9. The molecule has 0 bridgehead atoms. The zero-order chi connectivity index (χ0) is 15.1. The average molecular weight is 387 g/mol. The molecule has 0 aliphatic heterocycles. The minimum Gasteiger partial charge on any atom is -0.408 e. The van der Waals surface area contributed by atoms with Crippen LogP contribution in [0.25, 0.3) is 11.1 Å². The lowest BCUT2D eigenvalue weighted by Crippen LogP contribution is -2.08. The lowest BCUT2D eigenvalue weighted by atomic mass is 10.0. The molecule has 0 saturated carbocycles. The minimum atomic E-state index is -0.380. The molecule has 0 amide bonds. The number of halogens is 3. The number of fused-ring (bicyclic) bond motifs is 1. The molecule has 1 unspecified atom stereocenters. The Morgan fingerprint density at radius 3 is 2.71 bits per heavy atom. The van der Waals surface area contributed by atoms with Gasteiger partial charge < -0.3 is 4.42 Å². The molecule has 1 aromatic heterocycles. The summed E-state index contributed by atoms with van der Waals surface area (Å²) < 4.78 is 6.67. The van der Waals surface area contributed by atoms with Crippen LogP contribution in [0.1, 0.15) is 16.0 Å². The van der Waals surface area contributed by atoms with Crippen LogP contribution in [0.15, 0.2) is 45.6 Å². The Morgan fingerprint density at radius 1 is 1.19 bits per heavy atom. The topological polar surface area (TPSA) is 35.1 Å². The molecular weight excluding hydrogens is 377 g/mol. The average Bonchev–Trinajstić information content (AvgIpc) is 2.75. The van der Waals surface area contributed by atoms with E-state index >= 15 is 0 Å². The first-order chi connectivity index (χ1) is 9.97.